The van der Waals surface area contributed by atoms with Crippen LogP contribution in [-0.4, -0.2) is 40.2 Å². The van der Waals surface area contributed by atoms with Gasteiger partial charge in [-0.25, -0.2) is 15.0 Å². The number of aliphatic imine (C=N–C) groups is 1. The number of aryl methyl sites for hydroxylation is 3. The SMILES string of the molecule is Cc1cc2nc(NC3=NCN(C4CCCCC4)CN3)nc(C)c2cc1C. The number of nitrogens with one attached hydrogen (secondary N) is 2. The Balaban J connectivity index is 1.49. The zero-order chi connectivity index (χ0) is 18.1. The minimum atomic E-state index is 0.607. The Kier molecular flexibility index (Phi) is 4.76. The Morgan fingerprint density at radius 1 is 1.04 bits per heavy atom. The summed E-state index contributed by atoms with van der Waals surface area (Å²) in [6, 6.07) is 4.97. The maximum atomic E-state index is 4.68. The third-order valence-corrected chi connectivity index (χ3v) is 5.68. The molecular formula is C20H28N6. The van der Waals surface area contributed by atoms with Crippen LogP contribution in [0.1, 0.15) is 48.9 Å². The van der Waals surface area contributed by atoms with Gasteiger partial charge in [-0.05, 0) is 56.9 Å². The van der Waals surface area contributed by atoms with Crippen LogP contribution in [0.3, 0.4) is 0 Å². The van der Waals surface area contributed by atoms with Crippen molar-refractivity contribution in [1.29, 1.82) is 0 Å². The molecular weight excluding hydrogens is 324 g/mol. The van der Waals surface area contributed by atoms with Crippen LogP contribution in [0.4, 0.5) is 5.95 Å². The predicted molar refractivity (Wildman–Crippen MR) is 106 cm³/mol. The summed E-state index contributed by atoms with van der Waals surface area (Å²) in [6.45, 7) is 7.85. The molecule has 6 heteroatoms. The fraction of sp³-hybridized carbons (Fsp3) is 0.550. The van der Waals surface area contributed by atoms with Crippen molar-refractivity contribution in [1.82, 2.24) is 20.2 Å². The van der Waals surface area contributed by atoms with E-state index in [-0.39, 0.29) is 0 Å². The normalized spacial score (nSPS) is 19.3. The number of fused-ring (bicyclic) bond motifs is 1. The van der Waals surface area contributed by atoms with Gasteiger partial charge in [-0.2, -0.15) is 0 Å². The summed E-state index contributed by atoms with van der Waals surface area (Å²) >= 11 is 0. The van der Waals surface area contributed by atoms with Gasteiger partial charge in [-0.3, -0.25) is 10.2 Å². The van der Waals surface area contributed by atoms with Crippen molar-refractivity contribution < 1.29 is 0 Å². The Hall–Kier alpha value is -2.21. The minimum Gasteiger partial charge on any atom is -0.343 e. The summed E-state index contributed by atoms with van der Waals surface area (Å²) in [5, 5.41) is 7.76. The van der Waals surface area contributed by atoms with E-state index >= 15 is 0 Å². The molecule has 0 unspecified atom stereocenters. The van der Waals surface area contributed by atoms with Crippen LogP contribution in [0.5, 0.6) is 0 Å². The highest BCUT2D eigenvalue weighted by atomic mass is 15.4. The quantitative estimate of drug-likeness (QED) is 0.866. The Labute approximate surface area is 155 Å². The highest BCUT2D eigenvalue weighted by Crippen LogP contribution is 2.23. The van der Waals surface area contributed by atoms with E-state index in [1.54, 1.807) is 0 Å². The zero-order valence-corrected chi connectivity index (χ0v) is 16.0. The van der Waals surface area contributed by atoms with Gasteiger partial charge in [0.25, 0.3) is 0 Å². The van der Waals surface area contributed by atoms with Crippen molar-refractivity contribution in [3.63, 3.8) is 0 Å². The summed E-state index contributed by atoms with van der Waals surface area (Å²) in [5.41, 5.74) is 4.48. The molecule has 138 valence electrons. The van der Waals surface area contributed by atoms with Crippen LogP contribution in [0.25, 0.3) is 10.9 Å². The van der Waals surface area contributed by atoms with Crippen LogP contribution in [0.15, 0.2) is 17.1 Å². The summed E-state index contributed by atoms with van der Waals surface area (Å²) in [7, 11) is 0. The molecule has 2 heterocycles. The lowest BCUT2D eigenvalue weighted by atomic mass is 9.94. The molecule has 1 saturated carbocycles. The molecule has 4 rings (SSSR count). The van der Waals surface area contributed by atoms with E-state index in [0.717, 1.165) is 35.9 Å². The molecule has 0 spiro atoms. The van der Waals surface area contributed by atoms with E-state index in [1.807, 2.05) is 6.92 Å². The predicted octanol–water partition coefficient (Wildman–Crippen LogP) is 3.48. The molecule has 1 fully saturated rings. The lowest BCUT2D eigenvalue weighted by Gasteiger charge is -2.35. The summed E-state index contributed by atoms with van der Waals surface area (Å²) in [4.78, 5) is 16.4. The Morgan fingerprint density at radius 3 is 2.54 bits per heavy atom. The smallest absolute Gasteiger partial charge is 0.230 e. The lowest BCUT2D eigenvalue weighted by Crippen LogP contribution is -2.50. The molecule has 0 atom stereocenters. The fourth-order valence-electron chi connectivity index (χ4n) is 3.92. The number of hydrogen-bond acceptors (Lipinski definition) is 6. The fourth-order valence-corrected chi connectivity index (χ4v) is 3.92. The van der Waals surface area contributed by atoms with Crippen LogP contribution >= 0.6 is 0 Å². The van der Waals surface area contributed by atoms with Crippen LogP contribution in [-0.2, 0) is 0 Å². The standard InChI is InChI=1S/C20H28N6/c1-13-9-17-15(3)23-20(24-18(17)10-14(13)2)25-19-21-11-26(12-22-19)16-7-5-4-6-8-16/h9-10,16H,4-8,11-12H2,1-3H3,(H2,21,22,23,24,25). The van der Waals surface area contributed by atoms with Crippen molar-refractivity contribution in [3.8, 4) is 0 Å². The first-order chi connectivity index (χ1) is 12.6. The maximum absolute atomic E-state index is 4.68. The van der Waals surface area contributed by atoms with Gasteiger partial charge in [0.2, 0.25) is 11.9 Å². The number of anilines is 1. The molecule has 0 radical (unpaired) electrons. The van der Waals surface area contributed by atoms with Crippen LogP contribution in [0.2, 0.25) is 0 Å². The lowest BCUT2D eigenvalue weighted by molar-refractivity contribution is 0.150. The van der Waals surface area contributed by atoms with Crippen molar-refractivity contribution in [2.24, 2.45) is 4.99 Å². The van der Waals surface area contributed by atoms with Gasteiger partial charge in [-0.1, -0.05) is 19.3 Å². The summed E-state index contributed by atoms with van der Waals surface area (Å²) in [5.74, 6) is 1.37. The molecule has 0 bridgehead atoms. The molecule has 0 saturated heterocycles. The van der Waals surface area contributed by atoms with E-state index in [0.29, 0.717) is 12.0 Å². The molecule has 1 aliphatic carbocycles. The van der Waals surface area contributed by atoms with Gasteiger partial charge in [0.15, 0.2) is 0 Å². The van der Waals surface area contributed by atoms with Gasteiger partial charge < -0.3 is 5.32 Å². The number of nitrogens with zero attached hydrogens (tertiary/aromatic N) is 4. The topological polar surface area (TPSA) is 65.4 Å². The number of benzene rings is 1. The Bertz CT molecular complexity index is 838. The Morgan fingerprint density at radius 2 is 1.81 bits per heavy atom. The second-order valence-electron chi connectivity index (χ2n) is 7.57. The van der Waals surface area contributed by atoms with E-state index in [9.17, 15) is 0 Å². The van der Waals surface area contributed by atoms with Gasteiger partial charge >= 0.3 is 0 Å². The summed E-state index contributed by atoms with van der Waals surface area (Å²) in [6.07, 6.45) is 6.67. The van der Waals surface area contributed by atoms with Crippen LogP contribution < -0.4 is 10.6 Å². The number of rotatable bonds is 2. The highest BCUT2D eigenvalue weighted by molar-refractivity contribution is 5.93. The first kappa shape index (κ1) is 17.2. The maximum Gasteiger partial charge on any atom is 0.230 e. The largest absolute Gasteiger partial charge is 0.343 e. The molecule has 6 nitrogen and oxygen atoms in total. The first-order valence-electron chi connectivity index (χ1n) is 9.65. The average molecular weight is 352 g/mol. The molecule has 2 aliphatic rings. The van der Waals surface area contributed by atoms with Gasteiger partial charge in [0.1, 0.15) is 0 Å². The summed E-state index contributed by atoms with van der Waals surface area (Å²) < 4.78 is 0. The van der Waals surface area contributed by atoms with Gasteiger partial charge in [0, 0.05) is 11.4 Å². The molecule has 1 aromatic carbocycles. The second-order valence-corrected chi connectivity index (χ2v) is 7.57. The van der Waals surface area contributed by atoms with Crippen molar-refractivity contribution in [3.05, 3.63) is 29.0 Å². The van der Waals surface area contributed by atoms with Crippen molar-refractivity contribution in [2.45, 2.75) is 58.9 Å². The number of hydrogen-bond donors (Lipinski definition) is 2. The first-order valence-corrected chi connectivity index (χ1v) is 9.65. The zero-order valence-electron chi connectivity index (χ0n) is 16.0. The van der Waals surface area contributed by atoms with Crippen molar-refractivity contribution >= 4 is 22.8 Å². The second kappa shape index (κ2) is 7.19. The van der Waals surface area contributed by atoms with Crippen LogP contribution in [0, 0.1) is 20.8 Å². The van der Waals surface area contributed by atoms with Gasteiger partial charge in [0.05, 0.1) is 24.5 Å². The third kappa shape index (κ3) is 3.51. The molecule has 2 aromatic rings. The van der Waals surface area contributed by atoms with Gasteiger partial charge in [-0.15, -0.1) is 0 Å². The van der Waals surface area contributed by atoms with E-state index < -0.39 is 0 Å². The van der Waals surface area contributed by atoms with E-state index in [1.165, 1.54) is 43.2 Å². The minimum absolute atomic E-state index is 0.607. The molecule has 1 aromatic heterocycles. The average Bonchev–Trinajstić information content (AvgIpc) is 2.65. The highest BCUT2D eigenvalue weighted by Gasteiger charge is 2.23. The number of aromatic nitrogens is 2. The van der Waals surface area contributed by atoms with E-state index in [2.05, 4.69) is 56.5 Å². The molecule has 2 N–H and O–H groups in total. The molecule has 0 amide bonds. The van der Waals surface area contributed by atoms with E-state index in [4.69, 9.17) is 0 Å². The molecule has 1 aliphatic heterocycles. The molecule has 26 heavy (non-hydrogen) atoms. The van der Waals surface area contributed by atoms with Crippen molar-refractivity contribution in [2.75, 3.05) is 18.7 Å². The monoisotopic (exact) mass is 352 g/mol. The number of guanidine groups is 1. The third-order valence-electron chi connectivity index (χ3n) is 5.68.